The number of nitrogens with zero attached hydrogens (tertiary/aromatic N) is 1. The van der Waals surface area contributed by atoms with Crippen LogP contribution in [0.5, 0.6) is 0 Å². The molecule has 3 rings (SSSR count). The van der Waals surface area contributed by atoms with Crippen LogP contribution in [0.15, 0.2) is 11.4 Å². The van der Waals surface area contributed by atoms with Crippen molar-refractivity contribution in [2.24, 2.45) is 5.92 Å². The number of amides is 1. The van der Waals surface area contributed by atoms with E-state index in [0.29, 0.717) is 12.2 Å². The Bertz CT molecular complexity index is 537. The molecule has 1 saturated heterocycles. The van der Waals surface area contributed by atoms with Gasteiger partial charge in [0.15, 0.2) is 0 Å². The predicted molar refractivity (Wildman–Crippen MR) is 84.7 cm³/mol. The van der Waals surface area contributed by atoms with Crippen LogP contribution in [0.4, 0.5) is 0 Å². The van der Waals surface area contributed by atoms with E-state index in [0.717, 1.165) is 55.5 Å². The summed E-state index contributed by atoms with van der Waals surface area (Å²) in [6, 6.07) is 2.20. The maximum Gasteiger partial charge on any atom is 0.264 e. The Morgan fingerprint density at radius 2 is 2.19 bits per heavy atom. The summed E-state index contributed by atoms with van der Waals surface area (Å²) in [6.45, 7) is 2.90. The van der Waals surface area contributed by atoms with Gasteiger partial charge in [-0.2, -0.15) is 0 Å². The molecule has 1 aliphatic carbocycles. The summed E-state index contributed by atoms with van der Waals surface area (Å²) in [5, 5.41) is 2.00. The van der Waals surface area contributed by atoms with Crippen molar-refractivity contribution in [3.8, 4) is 0 Å². The smallest absolute Gasteiger partial charge is 0.264 e. The Hall–Kier alpha value is -1.16. The zero-order chi connectivity index (χ0) is 14.8. The van der Waals surface area contributed by atoms with Gasteiger partial charge in [0.2, 0.25) is 0 Å². The first-order chi connectivity index (χ1) is 10.2. The van der Waals surface area contributed by atoms with Crippen LogP contribution in [-0.4, -0.2) is 29.2 Å². The van der Waals surface area contributed by atoms with E-state index >= 15 is 0 Å². The summed E-state index contributed by atoms with van der Waals surface area (Å²) in [5.74, 6) is 0.630. The van der Waals surface area contributed by atoms with Crippen molar-refractivity contribution < 1.29 is 9.59 Å². The van der Waals surface area contributed by atoms with Crippen molar-refractivity contribution in [2.75, 3.05) is 6.54 Å². The van der Waals surface area contributed by atoms with Crippen LogP contribution in [0.3, 0.4) is 0 Å². The fraction of sp³-hybridized carbons (Fsp3) is 0.647. The first-order valence-corrected chi connectivity index (χ1v) is 9.00. The van der Waals surface area contributed by atoms with Crippen molar-refractivity contribution in [1.82, 2.24) is 4.90 Å². The van der Waals surface area contributed by atoms with E-state index in [1.54, 1.807) is 11.3 Å². The minimum Gasteiger partial charge on any atom is -0.334 e. The second kappa shape index (κ2) is 6.30. The number of carbonyl (C=O) groups is 2. The third-order valence-corrected chi connectivity index (χ3v) is 5.89. The molecule has 0 bridgehead atoms. The van der Waals surface area contributed by atoms with Crippen LogP contribution in [0.25, 0.3) is 0 Å². The molecule has 0 aromatic carbocycles. The molecule has 0 spiro atoms. The molecule has 114 valence electrons. The zero-order valence-electron chi connectivity index (χ0n) is 12.6. The fourth-order valence-corrected chi connectivity index (χ4v) is 4.76. The molecule has 1 aliphatic heterocycles. The molecule has 1 saturated carbocycles. The molecule has 2 aliphatic rings. The average Bonchev–Trinajstić information content (AvgIpc) is 3.16. The minimum absolute atomic E-state index is 0.0928. The summed E-state index contributed by atoms with van der Waals surface area (Å²) in [4.78, 5) is 28.0. The Balaban J connectivity index is 1.80. The molecule has 1 amide bonds. The minimum atomic E-state index is 0.0928. The molecule has 2 atom stereocenters. The van der Waals surface area contributed by atoms with Crippen molar-refractivity contribution in [3.63, 3.8) is 0 Å². The van der Waals surface area contributed by atoms with Gasteiger partial charge in [-0.25, -0.2) is 0 Å². The number of rotatable bonds is 3. The lowest BCUT2D eigenvalue weighted by Crippen LogP contribution is -2.43. The molecule has 2 heterocycles. The lowest BCUT2D eigenvalue weighted by atomic mass is 9.82. The number of ketones is 1. The van der Waals surface area contributed by atoms with Crippen LogP contribution in [0.2, 0.25) is 0 Å². The van der Waals surface area contributed by atoms with E-state index in [9.17, 15) is 9.59 Å². The number of hydrogen-bond donors (Lipinski definition) is 0. The molecule has 3 nitrogen and oxygen atoms in total. The molecule has 4 heteroatoms. The number of Topliss-reactive ketones (excluding diaryl/α,β-unsaturated/α-hetero) is 1. The summed E-state index contributed by atoms with van der Waals surface area (Å²) in [7, 11) is 0. The Morgan fingerprint density at radius 3 is 2.95 bits per heavy atom. The SMILES string of the molecule is CCc1ccsc1C(=O)N1CCCC1C1CCCCC1=O. The van der Waals surface area contributed by atoms with E-state index in [1.165, 1.54) is 0 Å². The van der Waals surface area contributed by atoms with Gasteiger partial charge in [-0.1, -0.05) is 13.3 Å². The summed E-state index contributed by atoms with van der Waals surface area (Å²) in [5.41, 5.74) is 1.14. The van der Waals surface area contributed by atoms with Crippen molar-refractivity contribution in [1.29, 1.82) is 0 Å². The van der Waals surface area contributed by atoms with Crippen LogP contribution in [0, 0.1) is 5.92 Å². The van der Waals surface area contributed by atoms with Gasteiger partial charge in [-0.05, 0) is 49.1 Å². The van der Waals surface area contributed by atoms with Gasteiger partial charge in [0, 0.05) is 24.9 Å². The standard InChI is InChI=1S/C17H23NO2S/c1-2-12-9-11-21-16(12)17(20)18-10-5-7-14(18)13-6-3-4-8-15(13)19/h9,11,13-14H,2-8,10H2,1H3. The van der Waals surface area contributed by atoms with E-state index in [1.807, 2.05) is 10.3 Å². The van der Waals surface area contributed by atoms with Crippen LogP contribution in [-0.2, 0) is 11.2 Å². The number of likely N-dealkylation sites (tertiary alicyclic amines) is 1. The highest BCUT2D eigenvalue weighted by atomic mass is 32.1. The zero-order valence-corrected chi connectivity index (χ0v) is 13.5. The number of aryl methyl sites for hydroxylation is 1. The summed E-state index contributed by atoms with van der Waals surface area (Å²) < 4.78 is 0. The monoisotopic (exact) mass is 305 g/mol. The van der Waals surface area contributed by atoms with Crippen molar-refractivity contribution >= 4 is 23.0 Å². The Labute approximate surface area is 130 Å². The second-order valence-corrected chi connectivity index (χ2v) is 7.07. The average molecular weight is 305 g/mol. The number of carbonyl (C=O) groups excluding carboxylic acids is 2. The van der Waals surface area contributed by atoms with Gasteiger partial charge in [0.1, 0.15) is 5.78 Å². The molecule has 2 fully saturated rings. The van der Waals surface area contributed by atoms with E-state index in [4.69, 9.17) is 0 Å². The van der Waals surface area contributed by atoms with E-state index in [-0.39, 0.29) is 17.9 Å². The topological polar surface area (TPSA) is 37.4 Å². The van der Waals surface area contributed by atoms with E-state index < -0.39 is 0 Å². The molecule has 0 N–H and O–H groups in total. The van der Waals surface area contributed by atoms with Crippen molar-refractivity contribution in [3.05, 3.63) is 21.9 Å². The summed E-state index contributed by atoms with van der Waals surface area (Å²) >= 11 is 1.54. The second-order valence-electron chi connectivity index (χ2n) is 6.16. The van der Waals surface area contributed by atoms with Gasteiger partial charge in [0.25, 0.3) is 5.91 Å². The summed E-state index contributed by atoms with van der Waals surface area (Å²) in [6.07, 6.45) is 6.77. The van der Waals surface area contributed by atoms with Gasteiger partial charge in [-0.3, -0.25) is 9.59 Å². The van der Waals surface area contributed by atoms with Crippen molar-refractivity contribution in [2.45, 2.75) is 57.9 Å². The highest BCUT2D eigenvalue weighted by Crippen LogP contribution is 2.34. The maximum absolute atomic E-state index is 12.9. The third kappa shape index (κ3) is 2.78. The van der Waals surface area contributed by atoms with Gasteiger partial charge < -0.3 is 4.90 Å². The molecular weight excluding hydrogens is 282 g/mol. The van der Waals surface area contributed by atoms with Crippen LogP contribution >= 0.6 is 11.3 Å². The highest BCUT2D eigenvalue weighted by molar-refractivity contribution is 7.12. The predicted octanol–water partition coefficient (Wildman–Crippen LogP) is 3.67. The van der Waals surface area contributed by atoms with Crippen LogP contribution in [0.1, 0.15) is 60.7 Å². The van der Waals surface area contributed by atoms with Gasteiger partial charge >= 0.3 is 0 Å². The van der Waals surface area contributed by atoms with Gasteiger partial charge in [-0.15, -0.1) is 11.3 Å². The fourth-order valence-electron chi connectivity index (χ4n) is 3.81. The molecule has 1 aromatic rings. The van der Waals surface area contributed by atoms with E-state index in [2.05, 4.69) is 13.0 Å². The molecule has 21 heavy (non-hydrogen) atoms. The maximum atomic E-state index is 12.9. The molecular formula is C17H23NO2S. The first kappa shape index (κ1) is 14.8. The normalized spacial score (nSPS) is 26.3. The molecule has 0 radical (unpaired) electrons. The molecule has 2 unspecified atom stereocenters. The number of thiophene rings is 1. The Morgan fingerprint density at radius 1 is 1.33 bits per heavy atom. The lowest BCUT2D eigenvalue weighted by Gasteiger charge is -2.33. The Kier molecular flexibility index (Phi) is 4.43. The largest absolute Gasteiger partial charge is 0.334 e. The highest BCUT2D eigenvalue weighted by Gasteiger charge is 2.39. The first-order valence-electron chi connectivity index (χ1n) is 8.12. The molecule has 1 aromatic heterocycles. The lowest BCUT2D eigenvalue weighted by molar-refractivity contribution is -0.126. The van der Waals surface area contributed by atoms with Gasteiger partial charge in [0.05, 0.1) is 4.88 Å². The van der Waals surface area contributed by atoms with Crippen LogP contribution < -0.4 is 0 Å². The quantitative estimate of drug-likeness (QED) is 0.854. The third-order valence-electron chi connectivity index (χ3n) is 4.95. The number of hydrogen-bond acceptors (Lipinski definition) is 3.